The second-order valence-corrected chi connectivity index (χ2v) is 4.60. The molecule has 2 N–H and O–H groups in total. The Labute approximate surface area is 118 Å². The number of amides is 2. The van der Waals surface area contributed by atoms with Crippen molar-refractivity contribution in [2.24, 2.45) is 0 Å². The van der Waals surface area contributed by atoms with Gasteiger partial charge in [-0.25, -0.2) is 0 Å². The molecule has 0 heterocycles. The van der Waals surface area contributed by atoms with Crippen LogP contribution in [-0.4, -0.2) is 24.1 Å². The summed E-state index contributed by atoms with van der Waals surface area (Å²) in [6.45, 7) is 3.69. The summed E-state index contributed by atoms with van der Waals surface area (Å²) in [5.41, 5.74) is 0.920. The highest BCUT2D eigenvalue weighted by atomic mass is 16.2. The first-order valence-corrected chi connectivity index (χ1v) is 6.69. The van der Waals surface area contributed by atoms with Crippen molar-refractivity contribution in [2.75, 3.05) is 0 Å². The molecule has 5 nitrogen and oxygen atoms in total. The number of rotatable bonds is 8. The second-order valence-electron chi connectivity index (χ2n) is 4.60. The van der Waals surface area contributed by atoms with Gasteiger partial charge in [-0.3, -0.25) is 14.4 Å². The lowest BCUT2D eigenvalue weighted by molar-refractivity contribution is -0.140. The Morgan fingerprint density at radius 2 is 1.90 bits per heavy atom. The molecule has 1 unspecified atom stereocenters. The number of carbonyl (C=O) groups is 3. The molecule has 1 rings (SSSR count). The first-order valence-electron chi connectivity index (χ1n) is 6.69. The Bertz CT molecular complexity index is 459. The van der Waals surface area contributed by atoms with E-state index in [9.17, 15) is 14.4 Å². The largest absolute Gasteiger partial charge is 0.348 e. The van der Waals surface area contributed by atoms with Crippen molar-refractivity contribution in [1.82, 2.24) is 10.6 Å². The van der Waals surface area contributed by atoms with E-state index in [0.29, 0.717) is 19.3 Å². The van der Waals surface area contributed by atoms with E-state index >= 15 is 0 Å². The van der Waals surface area contributed by atoms with Crippen molar-refractivity contribution >= 4 is 18.1 Å². The van der Waals surface area contributed by atoms with Crippen LogP contribution in [0.3, 0.4) is 0 Å². The minimum absolute atomic E-state index is 0.258. The van der Waals surface area contributed by atoms with Gasteiger partial charge < -0.3 is 10.6 Å². The normalized spacial score (nSPS) is 13.1. The molecule has 0 fully saturated rings. The maximum Gasteiger partial charge on any atom is 0.290 e. The molecule has 0 aliphatic carbocycles. The maximum atomic E-state index is 12.0. The molecule has 2 atom stereocenters. The summed E-state index contributed by atoms with van der Waals surface area (Å²) < 4.78 is 0. The van der Waals surface area contributed by atoms with E-state index < -0.39 is 17.7 Å². The van der Waals surface area contributed by atoms with Crippen LogP contribution in [0.1, 0.15) is 38.3 Å². The van der Waals surface area contributed by atoms with Crippen molar-refractivity contribution < 1.29 is 14.4 Å². The van der Waals surface area contributed by atoms with Gasteiger partial charge in [0.2, 0.25) is 12.2 Å². The third kappa shape index (κ3) is 4.50. The summed E-state index contributed by atoms with van der Waals surface area (Å²) in [5, 5.41) is 5.04. The number of benzene rings is 1. The number of nitrogens with one attached hydrogen (secondary N) is 2. The molecule has 2 amide bonds. The molecule has 0 aromatic heterocycles. The van der Waals surface area contributed by atoms with Gasteiger partial charge in [-0.05, 0) is 18.9 Å². The molecule has 1 aromatic rings. The van der Waals surface area contributed by atoms with Gasteiger partial charge in [0, 0.05) is 0 Å². The van der Waals surface area contributed by atoms with E-state index in [1.807, 2.05) is 44.2 Å². The Hall–Kier alpha value is -2.17. The molecule has 0 bridgehead atoms. The first-order chi connectivity index (χ1) is 9.60. The molecule has 0 aliphatic rings. The predicted molar refractivity (Wildman–Crippen MR) is 75.9 cm³/mol. The lowest BCUT2D eigenvalue weighted by Gasteiger charge is -2.17. The SMILES string of the molecule is CCCC(NC=O)C(=O)C(=O)N[C@@H](C)c1ccccc1. The zero-order chi connectivity index (χ0) is 15.0. The zero-order valence-electron chi connectivity index (χ0n) is 11.8. The van der Waals surface area contributed by atoms with Gasteiger partial charge in [0.1, 0.15) is 0 Å². The van der Waals surface area contributed by atoms with Gasteiger partial charge in [0.15, 0.2) is 0 Å². The minimum atomic E-state index is -0.750. The summed E-state index contributed by atoms with van der Waals surface area (Å²) in [6.07, 6.45) is 1.61. The lowest BCUT2D eigenvalue weighted by atomic mass is 10.1. The van der Waals surface area contributed by atoms with Crippen LogP contribution in [-0.2, 0) is 14.4 Å². The fourth-order valence-electron chi connectivity index (χ4n) is 1.91. The Kier molecular flexibility index (Phi) is 6.43. The fraction of sp³-hybridized carbons (Fsp3) is 0.400. The maximum absolute atomic E-state index is 12.0. The van der Waals surface area contributed by atoms with Gasteiger partial charge >= 0.3 is 0 Å². The third-order valence-electron chi connectivity index (χ3n) is 3.03. The van der Waals surface area contributed by atoms with Crippen LogP contribution in [0.15, 0.2) is 30.3 Å². The van der Waals surface area contributed by atoms with E-state index in [2.05, 4.69) is 10.6 Å². The van der Waals surface area contributed by atoms with E-state index in [1.165, 1.54) is 0 Å². The van der Waals surface area contributed by atoms with Crippen LogP contribution in [0, 0.1) is 0 Å². The van der Waals surface area contributed by atoms with E-state index in [1.54, 1.807) is 0 Å². The molecule has 108 valence electrons. The van der Waals surface area contributed by atoms with Gasteiger partial charge in [-0.1, -0.05) is 43.7 Å². The molecule has 1 aromatic carbocycles. The standard InChI is InChI=1S/C15H20N2O3/c1-3-7-13(16-10-18)14(19)15(20)17-11(2)12-8-5-4-6-9-12/h4-6,8-11,13H,3,7H2,1-2H3,(H,16,18)(H,17,20)/t11-,13?/m0/s1. The quantitative estimate of drug-likeness (QED) is 0.556. The average molecular weight is 276 g/mol. The van der Waals surface area contributed by atoms with Gasteiger partial charge in [-0.15, -0.1) is 0 Å². The molecule has 5 heteroatoms. The van der Waals surface area contributed by atoms with Crippen molar-refractivity contribution in [3.05, 3.63) is 35.9 Å². The van der Waals surface area contributed by atoms with E-state index in [0.717, 1.165) is 5.56 Å². The lowest BCUT2D eigenvalue weighted by Crippen LogP contribution is -2.45. The summed E-state index contributed by atoms with van der Waals surface area (Å²) >= 11 is 0. The topological polar surface area (TPSA) is 75.3 Å². The van der Waals surface area contributed by atoms with Crippen LogP contribution in [0.4, 0.5) is 0 Å². The second kappa shape index (κ2) is 8.09. The van der Waals surface area contributed by atoms with E-state index in [-0.39, 0.29) is 6.04 Å². The first kappa shape index (κ1) is 15.9. The number of hydrogen-bond donors (Lipinski definition) is 2. The molecular weight excluding hydrogens is 256 g/mol. The number of ketones is 1. The summed E-state index contributed by atoms with van der Waals surface area (Å²) in [5.74, 6) is -1.28. The number of Topliss-reactive ketones (excluding diaryl/α,β-unsaturated/α-hetero) is 1. The summed E-state index contributed by atoms with van der Waals surface area (Å²) in [4.78, 5) is 34.3. The molecule has 0 saturated heterocycles. The third-order valence-corrected chi connectivity index (χ3v) is 3.03. The molecule has 0 saturated carbocycles. The molecule has 0 spiro atoms. The van der Waals surface area contributed by atoms with Gasteiger partial charge in [-0.2, -0.15) is 0 Å². The highest BCUT2D eigenvalue weighted by Crippen LogP contribution is 2.11. The van der Waals surface area contributed by atoms with Crippen molar-refractivity contribution in [3.63, 3.8) is 0 Å². The minimum Gasteiger partial charge on any atom is -0.348 e. The van der Waals surface area contributed by atoms with Crippen LogP contribution in [0.2, 0.25) is 0 Å². The number of carbonyl (C=O) groups excluding carboxylic acids is 3. The number of hydrogen-bond acceptors (Lipinski definition) is 3. The molecule has 20 heavy (non-hydrogen) atoms. The molecule has 0 radical (unpaired) electrons. The van der Waals surface area contributed by atoms with Gasteiger partial charge in [0.05, 0.1) is 12.1 Å². The summed E-state index contributed by atoms with van der Waals surface area (Å²) in [6, 6.07) is 8.37. The van der Waals surface area contributed by atoms with Crippen molar-refractivity contribution in [2.45, 2.75) is 38.8 Å². The van der Waals surface area contributed by atoms with Crippen LogP contribution < -0.4 is 10.6 Å². The average Bonchev–Trinajstić information content (AvgIpc) is 2.47. The molecule has 0 aliphatic heterocycles. The summed E-state index contributed by atoms with van der Waals surface area (Å²) in [7, 11) is 0. The predicted octanol–water partition coefficient (Wildman–Crippen LogP) is 1.35. The van der Waals surface area contributed by atoms with Crippen LogP contribution in [0.25, 0.3) is 0 Å². The highest BCUT2D eigenvalue weighted by Gasteiger charge is 2.25. The Morgan fingerprint density at radius 1 is 1.25 bits per heavy atom. The highest BCUT2D eigenvalue weighted by molar-refractivity contribution is 6.38. The zero-order valence-corrected chi connectivity index (χ0v) is 11.8. The van der Waals surface area contributed by atoms with E-state index in [4.69, 9.17) is 0 Å². The van der Waals surface area contributed by atoms with Crippen molar-refractivity contribution in [1.29, 1.82) is 0 Å². The van der Waals surface area contributed by atoms with Gasteiger partial charge in [0.25, 0.3) is 5.91 Å². The smallest absolute Gasteiger partial charge is 0.290 e. The molecular formula is C15H20N2O3. The van der Waals surface area contributed by atoms with Crippen molar-refractivity contribution in [3.8, 4) is 0 Å². The Morgan fingerprint density at radius 3 is 2.45 bits per heavy atom. The monoisotopic (exact) mass is 276 g/mol. The Balaban J connectivity index is 2.65. The van der Waals surface area contributed by atoms with Crippen LogP contribution in [0.5, 0.6) is 0 Å². The van der Waals surface area contributed by atoms with Crippen LogP contribution >= 0.6 is 0 Å². The fourth-order valence-corrected chi connectivity index (χ4v) is 1.91.